The van der Waals surface area contributed by atoms with Gasteiger partial charge in [-0.25, -0.2) is 15.0 Å². The molecule has 5 nitrogen and oxygen atoms in total. The Kier molecular flexibility index (Phi) is 7.16. The third-order valence-electron chi connectivity index (χ3n) is 11.4. The minimum Gasteiger partial charge on any atom is -0.456 e. The second-order valence-electron chi connectivity index (χ2n) is 14.8. The predicted octanol–water partition coefficient (Wildman–Crippen LogP) is 13.8. The fourth-order valence-electron chi connectivity index (χ4n) is 8.67. The normalized spacial score (nSPS) is 11.8. The smallest absolute Gasteiger partial charge is 0.164 e. The van der Waals surface area contributed by atoms with Crippen molar-refractivity contribution in [2.24, 2.45) is 0 Å². The number of para-hydroxylation sites is 2. The summed E-state index contributed by atoms with van der Waals surface area (Å²) in [6, 6.07) is 68.0. The van der Waals surface area contributed by atoms with Gasteiger partial charge < -0.3 is 8.98 Å². The zero-order valence-corrected chi connectivity index (χ0v) is 31.2. The Morgan fingerprint density at radius 1 is 0.345 bits per heavy atom. The van der Waals surface area contributed by atoms with Crippen LogP contribution in [0.15, 0.2) is 199 Å². The lowest BCUT2D eigenvalue weighted by molar-refractivity contribution is 0.669. The van der Waals surface area contributed by atoms with Gasteiger partial charge in [0.15, 0.2) is 17.5 Å². The molecule has 0 saturated heterocycles. The van der Waals surface area contributed by atoms with E-state index in [1.165, 1.54) is 21.5 Å². The molecule has 0 atom stereocenters. The standard InChI is InChI=1S/C53H32N4O/c1-2-13-33(14-3-1)34-25-27-36(28-26-34)51-54-52(56-53(55-51)42-22-12-18-35-15-6-7-19-40(35)42)39-31-47(50-43-21-9-11-24-48(43)58-49(50)32-39)57-45-23-10-8-20-41(45)44-29-37-16-4-5-17-38(37)30-46(44)57/h1-32H. The van der Waals surface area contributed by atoms with Gasteiger partial charge in [-0.05, 0) is 69.1 Å². The largest absolute Gasteiger partial charge is 0.456 e. The van der Waals surface area contributed by atoms with Crippen molar-refractivity contribution in [3.8, 4) is 51.0 Å². The SMILES string of the molecule is c1ccc(-c2ccc(-c3nc(-c4cc(-n5c6ccccc6c6cc7ccccc7cc65)c5c(c4)oc4ccccc45)nc(-c4cccc5ccccc45)n3)cc2)cc1. The maximum Gasteiger partial charge on any atom is 0.164 e. The molecule has 3 aromatic heterocycles. The van der Waals surface area contributed by atoms with Gasteiger partial charge >= 0.3 is 0 Å². The molecule has 0 unspecified atom stereocenters. The topological polar surface area (TPSA) is 56.7 Å². The highest BCUT2D eigenvalue weighted by Gasteiger charge is 2.22. The molecule has 5 heteroatoms. The molecule has 0 N–H and O–H groups in total. The first kappa shape index (κ1) is 32.4. The molecule has 58 heavy (non-hydrogen) atoms. The van der Waals surface area contributed by atoms with Crippen LogP contribution in [0, 0.1) is 0 Å². The Morgan fingerprint density at radius 2 is 0.948 bits per heavy atom. The number of hydrogen-bond acceptors (Lipinski definition) is 4. The molecule has 12 rings (SSSR count). The lowest BCUT2D eigenvalue weighted by atomic mass is 10.0. The summed E-state index contributed by atoms with van der Waals surface area (Å²) in [5, 5.41) is 9.07. The number of hydrogen-bond donors (Lipinski definition) is 0. The van der Waals surface area contributed by atoms with Crippen LogP contribution in [-0.2, 0) is 0 Å². The van der Waals surface area contributed by atoms with Crippen LogP contribution in [-0.4, -0.2) is 19.5 Å². The third kappa shape index (κ3) is 5.14. The maximum atomic E-state index is 6.71. The highest BCUT2D eigenvalue weighted by molar-refractivity contribution is 6.17. The van der Waals surface area contributed by atoms with E-state index < -0.39 is 0 Å². The van der Waals surface area contributed by atoms with E-state index in [4.69, 9.17) is 19.4 Å². The van der Waals surface area contributed by atoms with Crippen molar-refractivity contribution < 1.29 is 4.42 Å². The lowest BCUT2D eigenvalue weighted by Gasteiger charge is -2.14. The van der Waals surface area contributed by atoms with Gasteiger partial charge in [0.25, 0.3) is 0 Å². The van der Waals surface area contributed by atoms with Crippen molar-refractivity contribution >= 4 is 65.3 Å². The molecular weight excluding hydrogens is 709 g/mol. The number of fused-ring (bicyclic) bond motifs is 8. The van der Waals surface area contributed by atoms with E-state index in [9.17, 15) is 0 Å². The summed E-state index contributed by atoms with van der Waals surface area (Å²) in [5.41, 5.74) is 9.80. The van der Waals surface area contributed by atoms with Gasteiger partial charge in [-0.3, -0.25) is 0 Å². The number of benzene rings is 9. The van der Waals surface area contributed by atoms with Crippen LogP contribution in [0.5, 0.6) is 0 Å². The fraction of sp³-hybridized carbons (Fsp3) is 0. The Bertz CT molecular complexity index is 3560. The van der Waals surface area contributed by atoms with Crippen molar-refractivity contribution in [3.63, 3.8) is 0 Å². The molecule has 0 bridgehead atoms. The first-order valence-corrected chi connectivity index (χ1v) is 19.5. The van der Waals surface area contributed by atoms with E-state index in [0.717, 1.165) is 77.2 Å². The van der Waals surface area contributed by atoms with Crippen molar-refractivity contribution in [1.82, 2.24) is 19.5 Å². The predicted molar refractivity (Wildman–Crippen MR) is 238 cm³/mol. The van der Waals surface area contributed by atoms with E-state index in [2.05, 4.69) is 180 Å². The summed E-state index contributed by atoms with van der Waals surface area (Å²) in [6.45, 7) is 0. The zero-order valence-electron chi connectivity index (χ0n) is 31.2. The Morgan fingerprint density at radius 3 is 1.78 bits per heavy atom. The molecule has 12 aromatic rings. The summed E-state index contributed by atoms with van der Waals surface area (Å²) in [5.74, 6) is 1.77. The first-order chi connectivity index (χ1) is 28.7. The molecule has 0 fully saturated rings. The van der Waals surface area contributed by atoms with Gasteiger partial charge in [0.05, 0.1) is 22.1 Å². The van der Waals surface area contributed by atoms with Crippen LogP contribution in [0.1, 0.15) is 0 Å². The van der Waals surface area contributed by atoms with Crippen LogP contribution in [0.3, 0.4) is 0 Å². The summed E-state index contributed by atoms with van der Waals surface area (Å²) in [6.07, 6.45) is 0. The minimum atomic E-state index is 0.565. The molecular formula is C53H32N4O. The van der Waals surface area contributed by atoms with Crippen molar-refractivity contribution in [2.75, 3.05) is 0 Å². The van der Waals surface area contributed by atoms with E-state index in [0.29, 0.717) is 17.5 Å². The Hall–Kier alpha value is -7.89. The summed E-state index contributed by atoms with van der Waals surface area (Å²) >= 11 is 0. The van der Waals surface area contributed by atoms with Gasteiger partial charge in [-0.1, -0.05) is 158 Å². The van der Waals surface area contributed by atoms with Crippen LogP contribution in [0.4, 0.5) is 0 Å². The number of nitrogens with zero attached hydrogens (tertiary/aromatic N) is 4. The second kappa shape index (κ2) is 12.8. The van der Waals surface area contributed by atoms with Gasteiger partial charge in [-0.2, -0.15) is 0 Å². The Balaban J connectivity index is 1.14. The van der Waals surface area contributed by atoms with Crippen molar-refractivity contribution in [1.29, 1.82) is 0 Å². The van der Waals surface area contributed by atoms with E-state index in [-0.39, 0.29) is 0 Å². The van der Waals surface area contributed by atoms with E-state index in [1.54, 1.807) is 0 Å². The summed E-state index contributed by atoms with van der Waals surface area (Å²) < 4.78 is 9.10. The average molecular weight is 741 g/mol. The molecule has 0 aliphatic heterocycles. The van der Waals surface area contributed by atoms with Gasteiger partial charge in [0.1, 0.15) is 11.2 Å². The molecule has 0 radical (unpaired) electrons. The molecule has 0 aliphatic rings. The monoisotopic (exact) mass is 740 g/mol. The third-order valence-corrected chi connectivity index (χ3v) is 11.4. The van der Waals surface area contributed by atoms with E-state index in [1.807, 2.05) is 18.2 Å². The highest BCUT2D eigenvalue weighted by Crippen LogP contribution is 2.42. The van der Waals surface area contributed by atoms with Gasteiger partial charge in [0.2, 0.25) is 0 Å². The first-order valence-electron chi connectivity index (χ1n) is 19.5. The number of aromatic nitrogens is 4. The van der Waals surface area contributed by atoms with Crippen LogP contribution in [0.2, 0.25) is 0 Å². The van der Waals surface area contributed by atoms with Crippen LogP contribution in [0.25, 0.3) is 116 Å². The van der Waals surface area contributed by atoms with E-state index >= 15 is 0 Å². The quantitative estimate of drug-likeness (QED) is 0.176. The number of rotatable bonds is 5. The minimum absolute atomic E-state index is 0.565. The number of furan rings is 1. The second-order valence-corrected chi connectivity index (χ2v) is 14.8. The molecule has 9 aromatic carbocycles. The molecule has 0 saturated carbocycles. The van der Waals surface area contributed by atoms with Crippen LogP contribution < -0.4 is 0 Å². The van der Waals surface area contributed by atoms with Gasteiger partial charge in [-0.15, -0.1) is 0 Å². The molecule has 0 spiro atoms. The Labute approximate surface area is 333 Å². The summed E-state index contributed by atoms with van der Waals surface area (Å²) in [7, 11) is 0. The molecule has 0 amide bonds. The zero-order chi connectivity index (χ0) is 38.2. The van der Waals surface area contributed by atoms with Crippen LogP contribution >= 0.6 is 0 Å². The molecule has 270 valence electrons. The molecule has 0 aliphatic carbocycles. The highest BCUT2D eigenvalue weighted by atomic mass is 16.3. The average Bonchev–Trinajstić information content (AvgIpc) is 3.83. The van der Waals surface area contributed by atoms with Crippen molar-refractivity contribution in [3.05, 3.63) is 194 Å². The lowest BCUT2D eigenvalue weighted by Crippen LogP contribution is -2.02. The van der Waals surface area contributed by atoms with Crippen molar-refractivity contribution in [2.45, 2.75) is 0 Å². The fourth-order valence-corrected chi connectivity index (χ4v) is 8.67. The molecule has 3 heterocycles. The summed E-state index contributed by atoms with van der Waals surface area (Å²) in [4.78, 5) is 15.7. The van der Waals surface area contributed by atoms with Gasteiger partial charge in [0, 0.05) is 32.8 Å². The maximum absolute atomic E-state index is 6.71.